The molecule has 1 aromatic rings. The van der Waals surface area contributed by atoms with Crippen LogP contribution in [0.2, 0.25) is 0 Å². The van der Waals surface area contributed by atoms with Crippen LogP contribution in [0.15, 0.2) is 24.3 Å². The summed E-state index contributed by atoms with van der Waals surface area (Å²) in [7, 11) is 1.53. The molecule has 1 saturated heterocycles. The van der Waals surface area contributed by atoms with Crippen LogP contribution in [0.5, 0.6) is 5.75 Å². The van der Waals surface area contributed by atoms with E-state index in [2.05, 4.69) is 5.32 Å². The van der Waals surface area contributed by atoms with Crippen LogP contribution in [0, 0.1) is 5.92 Å². The van der Waals surface area contributed by atoms with Crippen LogP contribution in [0.4, 0.5) is 23.7 Å². The fraction of sp³-hybridized carbons (Fsp3) is 0.500. The Labute approximate surface area is 120 Å². The van der Waals surface area contributed by atoms with Gasteiger partial charge in [0.2, 0.25) is 0 Å². The van der Waals surface area contributed by atoms with Gasteiger partial charge in [0.05, 0.1) is 13.0 Å². The van der Waals surface area contributed by atoms with Gasteiger partial charge < -0.3 is 15.0 Å². The highest BCUT2D eigenvalue weighted by Crippen LogP contribution is 2.33. The number of alkyl halides is 3. The van der Waals surface area contributed by atoms with Crippen molar-refractivity contribution in [2.24, 2.45) is 5.92 Å². The first kappa shape index (κ1) is 15.5. The number of benzene rings is 1. The van der Waals surface area contributed by atoms with E-state index in [0.29, 0.717) is 24.4 Å². The lowest BCUT2D eigenvalue weighted by Gasteiger charge is -2.33. The quantitative estimate of drug-likeness (QED) is 0.908. The number of urea groups is 1. The zero-order valence-electron chi connectivity index (χ0n) is 11.6. The summed E-state index contributed by atoms with van der Waals surface area (Å²) < 4.78 is 43.1. The van der Waals surface area contributed by atoms with Crippen molar-refractivity contribution in [3.63, 3.8) is 0 Å². The second-order valence-electron chi connectivity index (χ2n) is 4.99. The predicted octanol–water partition coefficient (Wildman–Crippen LogP) is 3.50. The summed E-state index contributed by atoms with van der Waals surface area (Å²) >= 11 is 0. The van der Waals surface area contributed by atoms with Gasteiger partial charge in [0.25, 0.3) is 0 Å². The molecule has 7 heteroatoms. The number of rotatable bonds is 2. The zero-order chi connectivity index (χ0) is 15.5. The molecule has 0 aliphatic carbocycles. The lowest BCUT2D eigenvalue weighted by Crippen LogP contribution is -2.46. The number of halogens is 3. The van der Waals surface area contributed by atoms with Gasteiger partial charge >= 0.3 is 12.2 Å². The maximum atomic E-state index is 12.7. The Hall–Kier alpha value is -1.92. The van der Waals surface area contributed by atoms with Gasteiger partial charge in [-0.1, -0.05) is 0 Å². The number of carbonyl (C=O) groups is 1. The topological polar surface area (TPSA) is 41.6 Å². The molecule has 2 rings (SSSR count). The zero-order valence-corrected chi connectivity index (χ0v) is 11.6. The van der Waals surface area contributed by atoms with Crippen molar-refractivity contribution in [1.82, 2.24) is 4.90 Å². The van der Waals surface area contributed by atoms with E-state index in [9.17, 15) is 18.0 Å². The average molecular weight is 302 g/mol. The van der Waals surface area contributed by atoms with E-state index in [4.69, 9.17) is 4.74 Å². The van der Waals surface area contributed by atoms with Crippen LogP contribution in [0.1, 0.15) is 12.8 Å². The Morgan fingerprint density at radius 1 is 1.33 bits per heavy atom. The summed E-state index contributed by atoms with van der Waals surface area (Å²) in [6.45, 7) is 0.0556. The molecule has 1 aliphatic rings. The molecule has 1 heterocycles. The standard InChI is InChI=1S/C14H17F3N2O2/c1-21-12-6-4-11(5-7-12)18-13(20)19-8-2-3-10(9-19)14(15,16)17/h4-7,10H,2-3,8-9H2,1H3,(H,18,20)/t10-/m0/s1. The van der Waals surface area contributed by atoms with E-state index in [1.54, 1.807) is 24.3 Å². The molecule has 2 amide bonds. The van der Waals surface area contributed by atoms with E-state index in [1.807, 2.05) is 0 Å². The average Bonchev–Trinajstić information content (AvgIpc) is 2.47. The maximum Gasteiger partial charge on any atom is 0.393 e. The second kappa shape index (κ2) is 6.24. The Balaban J connectivity index is 1.96. The van der Waals surface area contributed by atoms with Gasteiger partial charge in [-0.25, -0.2) is 4.79 Å². The van der Waals surface area contributed by atoms with Gasteiger partial charge in [-0.3, -0.25) is 0 Å². The molecule has 21 heavy (non-hydrogen) atoms. The van der Waals surface area contributed by atoms with Crippen molar-refractivity contribution in [1.29, 1.82) is 0 Å². The Bertz CT molecular complexity index is 488. The molecule has 0 bridgehead atoms. The number of ether oxygens (including phenoxy) is 1. The van der Waals surface area contributed by atoms with Gasteiger partial charge in [0, 0.05) is 18.8 Å². The first-order valence-electron chi connectivity index (χ1n) is 6.67. The molecular weight excluding hydrogens is 285 g/mol. The van der Waals surface area contributed by atoms with Crippen LogP contribution in [0.3, 0.4) is 0 Å². The molecule has 1 aromatic carbocycles. The Kier molecular flexibility index (Phi) is 4.59. The molecule has 1 fully saturated rings. The molecule has 1 atom stereocenters. The summed E-state index contributed by atoms with van der Waals surface area (Å²) in [6.07, 6.45) is -3.81. The monoisotopic (exact) mass is 302 g/mol. The molecule has 0 radical (unpaired) electrons. The third kappa shape index (κ3) is 4.03. The van der Waals surface area contributed by atoms with Crippen LogP contribution < -0.4 is 10.1 Å². The van der Waals surface area contributed by atoms with E-state index in [0.717, 1.165) is 0 Å². The van der Waals surface area contributed by atoms with E-state index in [-0.39, 0.29) is 13.0 Å². The van der Waals surface area contributed by atoms with E-state index < -0.39 is 18.1 Å². The number of carbonyl (C=O) groups excluding carboxylic acids is 1. The summed E-state index contributed by atoms with van der Waals surface area (Å²) in [5, 5.41) is 2.60. The summed E-state index contributed by atoms with van der Waals surface area (Å²) in [4.78, 5) is 13.2. The first-order chi connectivity index (χ1) is 9.90. The van der Waals surface area contributed by atoms with Gasteiger partial charge in [0.15, 0.2) is 0 Å². The lowest BCUT2D eigenvalue weighted by atomic mass is 9.98. The van der Waals surface area contributed by atoms with Gasteiger partial charge in [-0.15, -0.1) is 0 Å². The molecule has 0 spiro atoms. The minimum Gasteiger partial charge on any atom is -0.497 e. The third-order valence-electron chi connectivity index (χ3n) is 3.51. The van der Waals surface area contributed by atoms with Crippen LogP contribution in [-0.2, 0) is 0 Å². The molecule has 116 valence electrons. The van der Waals surface area contributed by atoms with Crippen LogP contribution in [0.25, 0.3) is 0 Å². The smallest absolute Gasteiger partial charge is 0.393 e. The number of likely N-dealkylation sites (tertiary alicyclic amines) is 1. The number of amides is 2. The molecule has 0 aromatic heterocycles. The fourth-order valence-corrected chi connectivity index (χ4v) is 2.31. The SMILES string of the molecule is COc1ccc(NC(=O)N2CCC[C@H](C(F)(F)F)C2)cc1. The maximum absolute atomic E-state index is 12.7. The van der Waals surface area contributed by atoms with Crippen molar-refractivity contribution in [3.8, 4) is 5.75 Å². The minimum absolute atomic E-state index is 0.0792. The third-order valence-corrected chi connectivity index (χ3v) is 3.51. The Morgan fingerprint density at radius 2 is 2.00 bits per heavy atom. The number of anilines is 1. The molecule has 1 aliphatic heterocycles. The highest BCUT2D eigenvalue weighted by molar-refractivity contribution is 5.89. The largest absolute Gasteiger partial charge is 0.497 e. The fourth-order valence-electron chi connectivity index (χ4n) is 2.31. The van der Waals surface area contributed by atoms with Crippen molar-refractivity contribution in [3.05, 3.63) is 24.3 Å². The number of hydrogen-bond acceptors (Lipinski definition) is 2. The van der Waals surface area contributed by atoms with E-state index in [1.165, 1.54) is 12.0 Å². The number of hydrogen-bond donors (Lipinski definition) is 1. The molecule has 0 saturated carbocycles. The highest BCUT2D eigenvalue weighted by Gasteiger charge is 2.42. The number of nitrogens with zero attached hydrogens (tertiary/aromatic N) is 1. The lowest BCUT2D eigenvalue weighted by molar-refractivity contribution is -0.183. The molecule has 4 nitrogen and oxygen atoms in total. The van der Waals surface area contributed by atoms with Crippen molar-refractivity contribution in [2.75, 3.05) is 25.5 Å². The normalized spacial score (nSPS) is 19.2. The van der Waals surface area contributed by atoms with Crippen molar-refractivity contribution >= 4 is 11.7 Å². The Morgan fingerprint density at radius 3 is 2.57 bits per heavy atom. The van der Waals surface area contributed by atoms with Gasteiger partial charge in [0.1, 0.15) is 5.75 Å². The second-order valence-corrected chi connectivity index (χ2v) is 4.99. The van der Waals surface area contributed by atoms with Gasteiger partial charge in [-0.05, 0) is 37.1 Å². The van der Waals surface area contributed by atoms with Crippen LogP contribution in [-0.4, -0.2) is 37.3 Å². The van der Waals surface area contributed by atoms with Crippen molar-refractivity contribution < 1.29 is 22.7 Å². The molecule has 1 N–H and O–H groups in total. The molecular formula is C14H17F3N2O2. The molecule has 0 unspecified atom stereocenters. The summed E-state index contributed by atoms with van der Waals surface area (Å²) in [5.41, 5.74) is 0.523. The number of piperidine rings is 1. The summed E-state index contributed by atoms with van der Waals surface area (Å²) in [5.74, 6) is -0.795. The van der Waals surface area contributed by atoms with Crippen LogP contribution >= 0.6 is 0 Å². The summed E-state index contributed by atoms with van der Waals surface area (Å²) in [6, 6.07) is 6.12. The van der Waals surface area contributed by atoms with Crippen molar-refractivity contribution in [2.45, 2.75) is 19.0 Å². The first-order valence-corrected chi connectivity index (χ1v) is 6.67. The highest BCUT2D eigenvalue weighted by atomic mass is 19.4. The van der Waals surface area contributed by atoms with Gasteiger partial charge in [-0.2, -0.15) is 13.2 Å². The number of methoxy groups -OCH3 is 1. The number of nitrogens with one attached hydrogen (secondary N) is 1. The minimum atomic E-state index is -4.25. The van der Waals surface area contributed by atoms with E-state index >= 15 is 0 Å². The predicted molar refractivity (Wildman–Crippen MR) is 72.4 cm³/mol.